The lowest BCUT2D eigenvalue weighted by molar-refractivity contribution is 0.334. The van der Waals surface area contributed by atoms with Crippen LogP contribution in [0.5, 0.6) is 17.2 Å². The van der Waals surface area contributed by atoms with E-state index in [0.717, 1.165) is 22.8 Å². The summed E-state index contributed by atoms with van der Waals surface area (Å²) in [5, 5.41) is 15.8. The van der Waals surface area contributed by atoms with Crippen molar-refractivity contribution in [3.8, 4) is 28.5 Å². The Bertz CT molecular complexity index is 569. The monoisotopic (exact) mass is 280 g/mol. The first kappa shape index (κ1) is 13.6. The number of methoxy groups -OCH3 is 2. The van der Waals surface area contributed by atoms with Crippen LogP contribution in [0.4, 0.5) is 0 Å². The highest BCUT2D eigenvalue weighted by Crippen LogP contribution is 2.43. The fourth-order valence-corrected chi connectivity index (χ4v) is 2.63. The van der Waals surface area contributed by atoms with Crippen molar-refractivity contribution in [3.63, 3.8) is 0 Å². The molecular weight excluding hydrogens is 264 g/mol. The zero-order valence-corrected chi connectivity index (χ0v) is 11.9. The van der Waals surface area contributed by atoms with Crippen molar-refractivity contribution in [1.29, 1.82) is 0 Å². The molecule has 0 aliphatic carbocycles. The molecule has 2 rings (SSSR count). The number of hydrogen-bond donors (Lipinski definition) is 2. The first-order chi connectivity index (χ1) is 9.21. The van der Waals surface area contributed by atoms with Crippen LogP contribution >= 0.6 is 11.3 Å². The van der Waals surface area contributed by atoms with Gasteiger partial charge in [0.05, 0.1) is 19.9 Å². The van der Waals surface area contributed by atoms with Gasteiger partial charge in [0, 0.05) is 17.5 Å². The van der Waals surface area contributed by atoms with Crippen LogP contribution in [-0.4, -0.2) is 31.4 Å². The number of benzene rings is 1. The summed E-state index contributed by atoms with van der Waals surface area (Å²) in [4.78, 5) is 4.52. The van der Waals surface area contributed by atoms with Crippen LogP contribution in [0.3, 0.4) is 0 Å². The van der Waals surface area contributed by atoms with E-state index in [1.165, 1.54) is 7.11 Å². The summed E-state index contributed by atoms with van der Waals surface area (Å²) in [5.41, 5.74) is 1.61. The van der Waals surface area contributed by atoms with E-state index in [4.69, 9.17) is 9.47 Å². The molecule has 0 unspecified atom stereocenters. The van der Waals surface area contributed by atoms with E-state index in [9.17, 15) is 5.11 Å². The van der Waals surface area contributed by atoms with Crippen LogP contribution in [0, 0.1) is 0 Å². The van der Waals surface area contributed by atoms with E-state index in [1.807, 2.05) is 12.4 Å². The molecule has 0 radical (unpaired) electrons. The van der Waals surface area contributed by atoms with E-state index < -0.39 is 0 Å². The standard InChI is InChI=1S/C13H16N2O3S/c1-14-6-11-15-9(7-19-11)8-4-5-10(16)13(18-3)12(8)17-2/h4-5,7,14,16H,6H2,1-3H3. The van der Waals surface area contributed by atoms with Gasteiger partial charge in [-0.05, 0) is 19.2 Å². The molecule has 0 spiro atoms. The maximum absolute atomic E-state index is 9.75. The van der Waals surface area contributed by atoms with Crippen molar-refractivity contribution in [2.24, 2.45) is 0 Å². The number of nitrogens with zero attached hydrogens (tertiary/aromatic N) is 1. The van der Waals surface area contributed by atoms with E-state index in [0.29, 0.717) is 11.5 Å². The molecule has 1 heterocycles. The van der Waals surface area contributed by atoms with Gasteiger partial charge >= 0.3 is 0 Å². The number of ether oxygens (including phenoxy) is 2. The lowest BCUT2D eigenvalue weighted by Gasteiger charge is -2.12. The lowest BCUT2D eigenvalue weighted by atomic mass is 10.1. The average molecular weight is 280 g/mol. The van der Waals surface area contributed by atoms with Gasteiger partial charge in [-0.25, -0.2) is 4.98 Å². The SMILES string of the molecule is CNCc1nc(-c2ccc(O)c(OC)c2OC)cs1. The molecule has 0 amide bonds. The van der Waals surface area contributed by atoms with Gasteiger partial charge in [0.1, 0.15) is 5.01 Å². The maximum atomic E-state index is 9.75. The molecule has 102 valence electrons. The summed E-state index contributed by atoms with van der Waals surface area (Å²) < 4.78 is 10.5. The second-order valence-corrected chi connectivity index (χ2v) is 4.80. The number of phenols is 1. The summed E-state index contributed by atoms with van der Waals surface area (Å²) in [7, 11) is 4.92. The minimum Gasteiger partial charge on any atom is -0.504 e. The smallest absolute Gasteiger partial charge is 0.203 e. The molecular formula is C13H16N2O3S. The number of rotatable bonds is 5. The molecule has 5 nitrogen and oxygen atoms in total. The van der Waals surface area contributed by atoms with Gasteiger partial charge in [0.15, 0.2) is 11.5 Å². The fourth-order valence-electron chi connectivity index (χ4n) is 1.82. The van der Waals surface area contributed by atoms with E-state index in [-0.39, 0.29) is 5.75 Å². The highest BCUT2D eigenvalue weighted by Gasteiger charge is 2.17. The molecule has 0 saturated heterocycles. The quantitative estimate of drug-likeness (QED) is 0.879. The molecule has 0 aliphatic heterocycles. The van der Waals surface area contributed by atoms with Crippen molar-refractivity contribution in [2.45, 2.75) is 6.54 Å². The number of phenolic OH excluding ortho intramolecular Hbond substituents is 1. The number of nitrogens with one attached hydrogen (secondary N) is 1. The molecule has 6 heteroatoms. The number of thiazole rings is 1. The predicted octanol–water partition coefficient (Wildman–Crippen LogP) is 2.25. The van der Waals surface area contributed by atoms with E-state index in [1.54, 1.807) is 30.6 Å². The van der Waals surface area contributed by atoms with Crippen molar-refractivity contribution < 1.29 is 14.6 Å². The van der Waals surface area contributed by atoms with E-state index >= 15 is 0 Å². The number of hydrogen-bond acceptors (Lipinski definition) is 6. The van der Waals surface area contributed by atoms with Crippen LogP contribution in [0.25, 0.3) is 11.3 Å². The lowest BCUT2D eigenvalue weighted by Crippen LogP contribution is -2.04. The van der Waals surface area contributed by atoms with Crippen LogP contribution in [0.2, 0.25) is 0 Å². The highest BCUT2D eigenvalue weighted by molar-refractivity contribution is 7.09. The third-order valence-corrected chi connectivity index (χ3v) is 3.50. The van der Waals surface area contributed by atoms with Crippen LogP contribution in [0.15, 0.2) is 17.5 Å². The summed E-state index contributed by atoms with van der Waals surface area (Å²) in [5.74, 6) is 0.862. The van der Waals surface area contributed by atoms with Gasteiger partial charge in [-0.2, -0.15) is 0 Å². The Morgan fingerprint density at radius 2 is 2.00 bits per heavy atom. The third kappa shape index (κ3) is 2.64. The predicted molar refractivity (Wildman–Crippen MR) is 75.1 cm³/mol. The Hall–Kier alpha value is -1.79. The van der Waals surface area contributed by atoms with Gasteiger partial charge in [-0.15, -0.1) is 11.3 Å². The van der Waals surface area contributed by atoms with Crippen molar-refractivity contribution >= 4 is 11.3 Å². The Kier molecular flexibility index (Phi) is 4.24. The molecule has 0 fully saturated rings. The minimum atomic E-state index is 0.0498. The van der Waals surface area contributed by atoms with Gasteiger partial charge in [0.25, 0.3) is 0 Å². The molecule has 0 atom stereocenters. The minimum absolute atomic E-state index is 0.0498. The first-order valence-electron chi connectivity index (χ1n) is 5.74. The van der Waals surface area contributed by atoms with E-state index in [2.05, 4.69) is 10.3 Å². The van der Waals surface area contributed by atoms with Crippen molar-refractivity contribution in [3.05, 3.63) is 22.5 Å². The van der Waals surface area contributed by atoms with Gasteiger partial charge in [0.2, 0.25) is 5.75 Å². The first-order valence-corrected chi connectivity index (χ1v) is 6.62. The summed E-state index contributed by atoms with van der Waals surface area (Å²) in [6.07, 6.45) is 0. The molecule has 2 N–H and O–H groups in total. The topological polar surface area (TPSA) is 63.6 Å². The molecule has 1 aromatic carbocycles. The summed E-state index contributed by atoms with van der Waals surface area (Å²) in [6, 6.07) is 3.35. The Morgan fingerprint density at radius 3 is 2.63 bits per heavy atom. The fraction of sp³-hybridized carbons (Fsp3) is 0.308. The van der Waals surface area contributed by atoms with Crippen LogP contribution < -0.4 is 14.8 Å². The van der Waals surface area contributed by atoms with Crippen molar-refractivity contribution in [1.82, 2.24) is 10.3 Å². The Balaban J connectivity index is 2.48. The number of aromatic nitrogens is 1. The Labute approximate surface area is 115 Å². The molecule has 0 bridgehead atoms. The zero-order valence-electron chi connectivity index (χ0n) is 11.1. The normalized spacial score (nSPS) is 10.5. The molecule has 0 aliphatic rings. The molecule has 0 saturated carbocycles. The number of aromatic hydroxyl groups is 1. The summed E-state index contributed by atoms with van der Waals surface area (Å²) >= 11 is 1.57. The van der Waals surface area contributed by atoms with Gasteiger partial charge < -0.3 is 19.9 Å². The largest absolute Gasteiger partial charge is 0.504 e. The second kappa shape index (κ2) is 5.90. The van der Waals surface area contributed by atoms with Crippen LogP contribution in [-0.2, 0) is 6.54 Å². The molecule has 1 aromatic heterocycles. The Morgan fingerprint density at radius 1 is 1.26 bits per heavy atom. The molecule has 2 aromatic rings. The average Bonchev–Trinajstić information content (AvgIpc) is 2.87. The van der Waals surface area contributed by atoms with Crippen LogP contribution in [0.1, 0.15) is 5.01 Å². The zero-order chi connectivity index (χ0) is 13.8. The van der Waals surface area contributed by atoms with Gasteiger partial charge in [-0.1, -0.05) is 0 Å². The van der Waals surface area contributed by atoms with Crippen molar-refractivity contribution in [2.75, 3.05) is 21.3 Å². The maximum Gasteiger partial charge on any atom is 0.203 e. The van der Waals surface area contributed by atoms with Gasteiger partial charge in [-0.3, -0.25) is 0 Å². The second-order valence-electron chi connectivity index (χ2n) is 3.86. The third-order valence-electron chi connectivity index (χ3n) is 2.66. The molecule has 19 heavy (non-hydrogen) atoms. The summed E-state index contributed by atoms with van der Waals surface area (Å²) in [6.45, 7) is 0.724. The highest BCUT2D eigenvalue weighted by atomic mass is 32.1.